The van der Waals surface area contributed by atoms with Gasteiger partial charge in [-0.3, -0.25) is 0 Å². The summed E-state index contributed by atoms with van der Waals surface area (Å²) in [6.45, 7) is 3.93. The van der Waals surface area contributed by atoms with Gasteiger partial charge in [0.15, 0.2) is 0 Å². The molecule has 0 radical (unpaired) electrons. The third-order valence-corrected chi connectivity index (χ3v) is 2.86. The van der Waals surface area contributed by atoms with Gasteiger partial charge in [-0.1, -0.05) is 30.3 Å². The second kappa shape index (κ2) is 5.89. The first-order valence-electron chi connectivity index (χ1n) is 5.77. The van der Waals surface area contributed by atoms with Crippen molar-refractivity contribution in [1.29, 1.82) is 0 Å². The first-order chi connectivity index (χ1) is 7.45. The molecule has 0 saturated carbocycles. The van der Waals surface area contributed by atoms with Crippen LogP contribution in [0.4, 0.5) is 0 Å². The quantitative estimate of drug-likeness (QED) is 0.813. The fraction of sp³-hybridized carbons (Fsp3) is 0.538. The summed E-state index contributed by atoms with van der Waals surface area (Å²) in [7, 11) is 0. The molecular weight excluding hydrogens is 186 g/mol. The summed E-state index contributed by atoms with van der Waals surface area (Å²) in [6.07, 6.45) is 2.53. The highest BCUT2D eigenvalue weighted by atomic mass is 16.5. The number of ether oxygens (including phenoxy) is 1. The van der Waals surface area contributed by atoms with Crippen molar-refractivity contribution in [3.63, 3.8) is 0 Å². The molecule has 2 heteroatoms. The number of nitrogens with one attached hydrogen (secondary N) is 1. The highest BCUT2D eigenvalue weighted by Crippen LogP contribution is 2.12. The Morgan fingerprint density at radius 3 is 2.87 bits per heavy atom. The van der Waals surface area contributed by atoms with Gasteiger partial charge in [0.05, 0.1) is 6.61 Å². The van der Waals surface area contributed by atoms with E-state index in [2.05, 4.69) is 35.6 Å². The molecule has 15 heavy (non-hydrogen) atoms. The second-order valence-corrected chi connectivity index (χ2v) is 4.20. The molecule has 0 bridgehead atoms. The predicted molar refractivity (Wildman–Crippen MR) is 61.7 cm³/mol. The lowest BCUT2D eigenvalue weighted by atomic mass is 10.0. The third-order valence-electron chi connectivity index (χ3n) is 2.86. The standard InChI is InChI=1S/C13H19NO/c1-2-5-12(6-3-1)9-14-10-13-7-4-8-15-11-13/h1-3,5-6,13-14H,4,7-11H2. The molecule has 1 unspecified atom stereocenters. The van der Waals surface area contributed by atoms with E-state index in [0.29, 0.717) is 5.92 Å². The Hall–Kier alpha value is -0.860. The van der Waals surface area contributed by atoms with Gasteiger partial charge in [-0.15, -0.1) is 0 Å². The summed E-state index contributed by atoms with van der Waals surface area (Å²) in [6, 6.07) is 10.5. The van der Waals surface area contributed by atoms with Gasteiger partial charge in [0, 0.05) is 19.7 Å². The fourth-order valence-corrected chi connectivity index (χ4v) is 1.98. The zero-order valence-corrected chi connectivity index (χ0v) is 9.11. The molecule has 1 aromatic carbocycles. The molecule has 82 valence electrons. The van der Waals surface area contributed by atoms with Gasteiger partial charge in [0.2, 0.25) is 0 Å². The van der Waals surface area contributed by atoms with Crippen molar-refractivity contribution in [3.8, 4) is 0 Å². The highest BCUT2D eigenvalue weighted by Gasteiger charge is 2.12. The summed E-state index contributed by atoms with van der Waals surface area (Å²) >= 11 is 0. The van der Waals surface area contributed by atoms with Crippen LogP contribution in [0.3, 0.4) is 0 Å². The average Bonchev–Trinajstić information content (AvgIpc) is 2.32. The van der Waals surface area contributed by atoms with Crippen LogP contribution in [0.15, 0.2) is 30.3 Å². The van der Waals surface area contributed by atoms with Crippen LogP contribution in [0.1, 0.15) is 18.4 Å². The lowest BCUT2D eigenvalue weighted by Gasteiger charge is -2.22. The van der Waals surface area contributed by atoms with E-state index in [0.717, 1.165) is 26.3 Å². The van der Waals surface area contributed by atoms with Gasteiger partial charge >= 0.3 is 0 Å². The van der Waals surface area contributed by atoms with Gasteiger partial charge in [-0.25, -0.2) is 0 Å². The van der Waals surface area contributed by atoms with Crippen molar-refractivity contribution in [2.45, 2.75) is 19.4 Å². The number of hydrogen-bond acceptors (Lipinski definition) is 2. The number of rotatable bonds is 4. The van der Waals surface area contributed by atoms with Crippen LogP contribution in [-0.4, -0.2) is 19.8 Å². The Morgan fingerprint density at radius 1 is 1.27 bits per heavy atom. The Labute approximate surface area is 91.6 Å². The van der Waals surface area contributed by atoms with Gasteiger partial charge in [-0.05, 0) is 24.3 Å². The lowest BCUT2D eigenvalue weighted by Crippen LogP contribution is -2.28. The molecule has 1 N–H and O–H groups in total. The van der Waals surface area contributed by atoms with E-state index in [1.165, 1.54) is 18.4 Å². The normalized spacial score (nSPS) is 21.5. The van der Waals surface area contributed by atoms with Gasteiger partial charge in [0.25, 0.3) is 0 Å². The van der Waals surface area contributed by atoms with Crippen LogP contribution in [0.25, 0.3) is 0 Å². The minimum atomic E-state index is 0.711. The SMILES string of the molecule is c1ccc(CNCC2CCCOC2)cc1. The van der Waals surface area contributed by atoms with Gasteiger partial charge < -0.3 is 10.1 Å². The van der Waals surface area contributed by atoms with Crippen molar-refractivity contribution in [2.24, 2.45) is 5.92 Å². The van der Waals surface area contributed by atoms with E-state index < -0.39 is 0 Å². The molecule has 1 aromatic rings. The Morgan fingerprint density at radius 2 is 2.13 bits per heavy atom. The van der Waals surface area contributed by atoms with Crippen molar-refractivity contribution in [3.05, 3.63) is 35.9 Å². The van der Waals surface area contributed by atoms with Crippen LogP contribution < -0.4 is 5.32 Å². The van der Waals surface area contributed by atoms with Crippen molar-refractivity contribution in [2.75, 3.05) is 19.8 Å². The Kier molecular flexibility index (Phi) is 4.18. The first kappa shape index (κ1) is 10.7. The zero-order chi connectivity index (χ0) is 10.3. The summed E-state index contributed by atoms with van der Waals surface area (Å²) in [5.74, 6) is 0.711. The van der Waals surface area contributed by atoms with Crippen molar-refractivity contribution in [1.82, 2.24) is 5.32 Å². The molecule has 0 aliphatic carbocycles. The van der Waals surface area contributed by atoms with Crippen LogP contribution in [-0.2, 0) is 11.3 Å². The fourth-order valence-electron chi connectivity index (χ4n) is 1.98. The maximum Gasteiger partial charge on any atom is 0.0506 e. The van der Waals surface area contributed by atoms with Crippen molar-refractivity contribution < 1.29 is 4.74 Å². The molecule has 1 fully saturated rings. The summed E-state index contributed by atoms with van der Waals surface area (Å²) in [4.78, 5) is 0. The molecule has 0 spiro atoms. The van der Waals surface area contributed by atoms with E-state index in [1.54, 1.807) is 0 Å². The summed E-state index contributed by atoms with van der Waals surface area (Å²) < 4.78 is 5.44. The molecule has 2 nitrogen and oxygen atoms in total. The minimum Gasteiger partial charge on any atom is -0.381 e. The molecule has 1 atom stereocenters. The zero-order valence-electron chi connectivity index (χ0n) is 9.11. The Bertz CT molecular complexity index is 267. The monoisotopic (exact) mass is 205 g/mol. The molecule has 1 heterocycles. The molecule has 1 aliphatic rings. The Balaban J connectivity index is 1.66. The number of benzene rings is 1. The largest absolute Gasteiger partial charge is 0.381 e. The molecule has 2 rings (SSSR count). The van der Waals surface area contributed by atoms with Crippen LogP contribution >= 0.6 is 0 Å². The molecule has 1 aliphatic heterocycles. The van der Waals surface area contributed by atoms with Gasteiger partial charge in [-0.2, -0.15) is 0 Å². The topological polar surface area (TPSA) is 21.3 Å². The van der Waals surface area contributed by atoms with E-state index in [-0.39, 0.29) is 0 Å². The number of hydrogen-bond donors (Lipinski definition) is 1. The first-order valence-corrected chi connectivity index (χ1v) is 5.77. The van der Waals surface area contributed by atoms with E-state index in [4.69, 9.17) is 4.74 Å². The smallest absolute Gasteiger partial charge is 0.0506 e. The van der Waals surface area contributed by atoms with E-state index in [1.807, 2.05) is 0 Å². The van der Waals surface area contributed by atoms with Gasteiger partial charge in [0.1, 0.15) is 0 Å². The maximum absolute atomic E-state index is 5.44. The predicted octanol–water partition coefficient (Wildman–Crippen LogP) is 2.20. The average molecular weight is 205 g/mol. The summed E-state index contributed by atoms with van der Waals surface area (Å²) in [5, 5.41) is 3.49. The third kappa shape index (κ3) is 3.65. The van der Waals surface area contributed by atoms with Crippen LogP contribution in [0, 0.1) is 5.92 Å². The summed E-state index contributed by atoms with van der Waals surface area (Å²) in [5.41, 5.74) is 1.36. The second-order valence-electron chi connectivity index (χ2n) is 4.20. The molecule has 1 saturated heterocycles. The lowest BCUT2D eigenvalue weighted by molar-refractivity contribution is 0.0547. The van der Waals surface area contributed by atoms with Crippen LogP contribution in [0.5, 0.6) is 0 Å². The maximum atomic E-state index is 5.44. The molecular formula is C13H19NO. The highest BCUT2D eigenvalue weighted by molar-refractivity contribution is 5.14. The molecule has 0 amide bonds. The van der Waals surface area contributed by atoms with E-state index >= 15 is 0 Å². The van der Waals surface area contributed by atoms with Crippen LogP contribution in [0.2, 0.25) is 0 Å². The van der Waals surface area contributed by atoms with Crippen molar-refractivity contribution >= 4 is 0 Å². The van der Waals surface area contributed by atoms with E-state index in [9.17, 15) is 0 Å². The minimum absolute atomic E-state index is 0.711. The molecule has 0 aromatic heterocycles.